The largest absolute Gasteiger partial charge is 0.324 e. The molecule has 2 heterocycles. The highest BCUT2D eigenvalue weighted by atomic mass is 16.1. The molecule has 2 atom stereocenters. The van der Waals surface area contributed by atoms with E-state index in [0.717, 1.165) is 41.8 Å². The second kappa shape index (κ2) is 6.28. The maximum atomic E-state index is 12.3. The minimum atomic E-state index is -0.0296. The zero-order chi connectivity index (χ0) is 15.5. The summed E-state index contributed by atoms with van der Waals surface area (Å²) in [6.45, 7) is 1.96. The van der Waals surface area contributed by atoms with E-state index in [0.29, 0.717) is 0 Å². The van der Waals surface area contributed by atoms with Crippen molar-refractivity contribution in [1.29, 1.82) is 0 Å². The van der Waals surface area contributed by atoms with E-state index in [4.69, 9.17) is 5.73 Å². The fourth-order valence-corrected chi connectivity index (χ4v) is 2.85. The smallest absolute Gasteiger partial charge is 0.227 e. The topological polar surface area (TPSA) is 68.0 Å². The second-order valence-electron chi connectivity index (χ2n) is 5.95. The van der Waals surface area contributed by atoms with Gasteiger partial charge in [-0.15, -0.1) is 0 Å². The quantitative estimate of drug-likeness (QED) is 0.781. The summed E-state index contributed by atoms with van der Waals surface area (Å²) < 4.78 is 0. The van der Waals surface area contributed by atoms with Crippen LogP contribution in [0, 0.1) is 5.92 Å². The number of pyridine rings is 1. The number of hydrogen-bond acceptors (Lipinski definition) is 3. The van der Waals surface area contributed by atoms with Crippen LogP contribution < -0.4 is 11.1 Å². The predicted molar refractivity (Wildman–Crippen MR) is 88.2 cm³/mol. The van der Waals surface area contributed by atoms with E-state index in [-0.39, 0.29) is 17.9 Å². The molecule has 1 aliphatic rings. The predicted octanol–water partition coefficient (Wildman–Crippen LogP) is 3.51. The van der Waals surface area contributed by atoms with Crippen LogP contribution >= 0.6 is 0 Å². The van der Waals surface area contributed by atoms with Crippen molar-refractivity contribution < 1.29 is 4.79 Å². The number of anilines is 1. The Morgan fingerprint density at radius 3 is 2.95 bits per heavy atom. The number of aromatic nitrogens is 1. The Balaban J connectivity index is 2.09. The standard InChI is InChI=1S/C18H21N3O/c1-12-5-2-8-15(19)13-6-3-7-14(11-13)17-16(21-18(12)22)9-4-10-20-17/h3-4,6-7,9-12,15H,2,5,8,19H2,1H3,(H,21,22). The molecule has 2 unspecified atom stereocenters. The fourth-order valence-electron chi connectivity index (χ4n) is 2.85. The van der Waals surface area contributed by atoms with Gasteiger partial charge in [-0.25, -0.2) is 0 Å². The number of nitrogens with zero attached hydrogens (tertiary/aromatic N) is 1. The molecule has 0 radical (unpaired) electrons. The molecule has 3 N–H and O–H groups in total. The lowest BCUT2D eigenvalue weighted by Crippen LogP contribution is -2.22. The summed E-state index contributed by atoms with van der Waals surface area (Å²) in [5, 5.41) is 3.02. The van der Waals surface area contributed by atoms with Gasteiger partial charge in [-0.3, -0.25) is 9.78 Å². The number of hydrogen-bond donors (Lipinski definition) is 2. The van der Waals surface area contributed by atoms with Crippen LogP contribution in [-0.2, 0) is 4.79 Å². The minimum Gasteiger partial charge on any atom is -0.324 e. The fraction of sp³-hybridized carbons (Fsp3) is 0.333. The van der Waals surface area contributed by atoms with Crippen LogP contribution in [0.25, 0.3) is 11.3 Å². The molecule has 2 aromatic rings. The number of fused-ring (bicyclic) bond motifs is 4. The Hall–Kier alpha value is -2.20. The van der Waals surface area contributed by atoms with E-state index < -0.39 is 0 Å². The molecule has 22 heavy (non-hydrogen) atoms. The zero-order valence-electron chi connectivity index (χ0n) is 12.8. The highest BCUT2D eigenvalue weighted by Crippen LogP contribution is 2.30. The van der Waals surface area contributed by atoms with Crippen molar-refractivity contribution in [2.75, 3.05) is 5.32 Å². The van der Waals surface area contributed by atoms with Gasteiger partial charge < -0.3 is 11.1 Å². The number of benzene rings is 1. The van der Waals surface area contributed by atoms with Crippen LogP contribution in [0.4, 0.5) is 5.69 Å². The van der Waals surface area contributed by atoms with E-state index in [1.807, 2.05) is 31.2 Å². The first kappa shape index (κ1) is 14.7. The lowest BCUT2D eigenvalue weighted by molar-refractivity contribution is -0.119. The molecule has 1 amide bonds. The van der Waals surface area contributed by atoms with Crippen molar-refractivity contribution in [3.05, 3.63) is 48.2 Å². The Morgan fingerprint density at radius 2 is 2.09 bits per heavy atom. The summed E-state index contributed by atoms with van der Waals surface area (Å²) in [5.41, 5.74) is 9.95. The van der Waals surface area contributed by atoms with Crippen molar-refractivity contribution in [3.8, 4) is 11.3 Å². The third-order valence-electron chi connectivity index (χ3n) is 4.25. The van der Waals surface area contributed by atoms with E-state index in [9.17, 15) is 4.79 Å². The highest BCUT2D eigenvalue weighted by Gasteiger charge is 2.18. The first-order valence-electron chi connectivity index (χ1n) is 7.77. The Morgan fingerprint density at radius 1 is 1.23 bits per heavy atom. The molecule has 0 fully saturated rings. The van der Waals surface area contributed by atoms with Crippen LogP contribution in [-0.4, -0.2) is 10.9 Å². The van der Waals surface area contributed by atoms with Crippen LogP contribution in [0.3, 0.4) is 0 Å². The molecule has 1 aliphatic heterocycles. The summed E-state index contributed by atoms with van der Waals surface area (Å²) in [4.78, 5) is 16.8. The summed E-state index contributed by atoms with van der Waals surface area (Å²) >= 11 is 0. The maximum absolute atomic E-state index is 12.3. The average molecular weight is 295 g/mol. The second-order valence-corrected chi connectivity index (χ2v) is 5.95. The molecule has 114 valence electrons. The van der Waals surface area contributed by atoms with E-state index in [1.54, 1.807) is 6.20 Å². The van der Waals surface area contributed by atoms with Crippen molar-refractivity contribution in [1.82, 2.24) is 4.98 Å². The monoisotopic (exact) mass is 295 g/mol. The lowest BCUT2D eigenvalue weighted by atomic mass is 9.94. The van der Waals surface area contributed by atoms with Gasteiger partial charge in [-0.1, -0.05) is 31.5 Å². The van der Waals surface area contributed by atoms with E-state index >= 15 is 0 Å². The van der Waals surface area contributed by atoms with Gasteiger partial charge in [0, 0.05) is 23.7 Å². The van der Waals surface area contributed by atoms with E-state index in [1.165, 1.54) is 0 Å². The molecular formula is C18H21N3O. The minimum absolute atomic E-state index is 0.00167. The molecule has 1 aromatic heterocycles. The number of amides is 1. The van der Waals surface area contributed by atoms with Gasteiger partial charge in [0.1, 0.15) is 0 Å². The first-order valence-corrected chi connectivity index (χ1v) is 7.77. The Labute approximate surface area is 130 Å². The first-order chi connectivity index (χ1) is 10.6. The molecule has 0 saturated carbocycles. The van der Waals surface area contributed by atoms with Crippen LogP contribution in [0.5, 0.6) is 0 Å². The third kappa shape index (κ3) is 3.02. The molecule has 0 spiro atoms. The lowest BCUT2D eigenvalue weighted by Gasteiger charge is -2.19. The van der Waals surface area contributed by atoms with Gasteiger partial charge in [0.25, 0.3) is 0 Å². The summed E-state index contributed by atoms with van der Waals surface area (Å²) in [7, 11) is 0. The molecule has 1 aromatic carbocycles. The number of nitrogens with two attached hydrogens (primary N) is 1. The van der Waals surface area contributed by atoms with E-state index in [2.05, 4.69) is 22.4 Å². The van der Waals surface area contributed by atoms with Crippen LogP contribution in [0.1, 0.15) is 37.8 Å². The van der Waals surface area contributed by atoms with Gasteiger partial charge >= 0.3 is 0 Å². The molecule has 2 bridgehead atoms. The van der Waals surface area contributed by atoms with Crippen molar-refractivity contribution in [3.63, 3.8) is 0 Å². The molecule has 3 rings (SSSR count). The summed E-state index contributed by atoms with van der Waals surface area (Å²) in [6, 6.07) is 11.9. The van der Waals surface area contributed by atoms with Crippen LogP contribution in [0.15, 0.2) is 42.6 Å². The number of carbonyl (C=O) groups is 1. The molecule has 0 aliphatic carbocycles. The zero-order valence-corrected chi connectivity index (χ0v) is 12.8. The molecule has 4 heteroatoms. The summed E-state index contributed by atoms with van der Waals surface area (Å²) in [6.07, 6.45) is 4.41. The number of nitrogens with one attached hydrogen (secondary N) is 1. The van der Waals surface area contributed by atoms with Crippen molar-refractivity contribution in [2.24, 2.45) is 11.7 Å². The Kier molecular flexibility index (Phi) is 4.20. The highest BCUT2D eigenvalue weighted by molar-refractivity contribution is 5.95. The SMILES string of the molecule is CC1CCCC(N)c2cccc(c2)-c2ncccc2NC1=O. The normalized spacial score (nSPS) is 22.0. The third-order valence-corrected chi connectivity index (χ3v) is 4.25. The molecule has 4 nitrogen and oxygen atoms in total. The van der Waals surface area contributed by atoms with Gasteiger partial charge in [0.15, 0.2) is 0 Å². The van der Waals surface area contributed by atoms with Gasteiger partial charge in [-0.2, -0.15) is 0 Å². The van der Waals surface area contributed by atoms with Crippen molar-refractivity contribution in [2.45, 2.75) is 32.2 Å². The van der Waals surface area contributed by atoms with Gasteiger partial charge in [0.2, 0.25) is 5.91 Å². The van der Waals surface area contributed by atoms with Gasteiger partial charge in [-0.05, 0) is 36.6 Å². The average Bonchev–Trinajstić information content (AvgIpc) is 2.54. The molecular weight excluding hydrogens is 274 g/mol. The molecule has 0 saturated heterocycles. The van der Waals surface area contributed by atoms with Crippen molar-refractivity contribution >= 4 is 11.6 Å². The van der Waals surface area contributed by atoms with Gasteiger partial charge in [0.05, 0.1) is 11.4 Å². The number of carbonyl (C=O) groups excluding carboxylic acids is 1. The van der Waals surface area contributed by atoms with Crippen LogP contribution in [0.2, 0.25) is 0 Å². The number of rotatable bonds is 0. The Bertz CT molecular complexity index is 684. The maximum Gasteiger partial charge on any atom is 0.227 e. The summed E-state index contributed by atoms with van der Waals surface area (Å²) in [5.74, 6) is 0.0116.